The van der Waals surface area contributed by atoms with Gasteiger partial charge in [-0.3, -0.25) is 4.79 Å². The lowest BCUT2D eigenvalue weighted by molar-refractivity contribution is -0.143. The van der Waals surface area contributed by atoms with E-state index in [0.717, 1.165) is 22.2 Å². The zero-order chi connectivity index (χ0) is 18.3. The average Bonchev–Trinajstić information content (AvgIpc) is 3.05. The number of carboxylic acid groups (broad SMARTS) is 1. The second-order valence-electron chi connectivity index (χ2n) is 6.62. The molecule has 1 amide bonds. The van der Waals surface area contributed by atoms with Gasteiger partial charge in [-0.25, -0.2) is 4.79 Å². The number of rotatable bonds is 3. The van der Waals surface area contributed by atoms with Gasteiger partial charge in [-0.1, -0.05) is 43.3 Å². The van der Waals surface area contributed by atoms with E-state index in [-0.39, 0.29) is 11.9 Å². The van der Waals surface area contributed by atoms with Gasteiger partial charge in [-0.05, 0) is 30.2 Å². The summed E-state index contributed by atoms with van der Waals surface area (Å²) < 4.78 is 0. The summed E-state index contributed by atoms with van der Waals surface area (Å²) >= 11 is 0. The summed E-state index contributed by atoms with van der Waals surface area (Å²) in [4.78, 5) is 30.1. The molecule has 0 radical (unpaired) electrons. The number of benzene rings is 2. The predicted molar refractivity (Wildman–Crippen MR) is 99.1 cm³/mol. The lowest BCUT2D eigenvalue weighted by atomic mass is 9.89. The first-order valence-corrected chi connectivity index (χ1v) is 8.81. The normalized spacial score (nSPS) is 19.3. The molecular formula is C21H20N2O3. The highest BCUT2D eigenvalue weighted by Crippen LogP contribution is 2.39. The molecule has 0 bridgehead atoms. The Morgan fingerprint density at radius 3 is 2.50 bits per heavy atom. The maximum atomic E-state index is 13.2. The number of hydrogen-bond acceptors (Lipinski definition) is 2. The van der Waals surface area contributed by atoms with Crippen LogP contribution < -0.4 is 0 Å². The van der Waals surface area contributed by atoms with E-state index < -0.39 is 12.0 Å². The molecular weight excluding hydrogens is 328 g/mol. The molecule has 132 valence electrons. The van der Waals surface area contributed by atoms with E-state index >= 15 is 0 Å². The van der Waals surface area contributed by atoms with Crippen LogP contribution in [0.2, 0.25) is 0 Å². The zero-order valence-electron chi connectivity index (χ0n) is 14.5. The van der Waals surface area contributed by atoms with Crippen LogP contribution in [-0.2, 0) is 11.2 Å². The molecule has 0 unspecified atom stereocenters. The molecule has 0 saturated heterocycles. The second kappa shape index (κ2) is 6.33. The number of carboxylic acids is 1. The molecule has 1 aliphatic rings. The molecule has 2 N–H and O–H groups in total. The highest BCUT2D eigenvalue weighted by atomic mass is 16.4. The number of carbonyl (C=O) groups excluding carboxylic acids is 1. The van der Waals surface area contributed by atoms with Crippen LogP contribution >= 0.6 is 0 Å². The Morgan fingerprint density at radius 1 is 1.12 bits per heavy atom. The van der Waals surface area contributed by atoms with Crippen molar-refractivity contribution in [2.75, 3.05) is 0 Å². The average molecular weight is 348 g/mol. The summed E-state index contributed by atoms with van der Waals surface area (Å²) in [5.41, 5.74) is 3.46. The third kappa shape index (κ3) is 2.47. The maximum absolute atomic E-state index is 13.2. The Labute approximate surface area is 151 Å². The van der Waals surface area contributed by atoms with Crippen molar-refractivity contribution in [2.24, 2.45) is 0 Å². The fourth-order valence-corrected chi connectivity index (χ4v) is 3.99. The van der Waals surface area contributed by atoms with Crippen LogP contribution in [0, 0.1) is 0 Å². The third-order valence-electron chi connectivity index (χ3n) is 5.18. The van der Waals surface area contributed by atoms with Gasteiger partial charge < -0.3 is 15.0 Å². The number of H-pyrrole nitrogens is 1. The molecule has 0 spiro atoms. The van der Waals surface area contributed by atoms with Crippen molar-refractivity contribution in [3.05, 3.63) is 71.4 Å². The van der Waals surface area contributed by atoms with E-state index in [4.69, 9.17) is 0 Å². The summed E-state index contributed by atoms with van der Waals surface area (Å²) in [5.74, 6) is -1.21. The minimum absolute atomic E-state index is 0.242. The topological polar surface area (TPSA) is 73.4 Å². The standard InChI is InChI=1S/C21H20N2O3/c1-2-17-19-15(14-10-6-7-11-16(14)22-19)12-18(21(25)26)23(17)20(24)13-8-4-3-5-9-13/h3-11,17-18,22H,2,12H2,1H3,(H,25,26)/t17-,18-/m0/s1. The Hall–Kier alpha value is -3.08. The van der Waals surface area contributed by atoms with E-state index in [2.05, 4.69) is 4.98 Å². The second-order valence-corrected chi connectivity index (χ2v) is 6.62. The first kappa shape index (κ1) is 16.4. The van der Waals surface area contributed by atoms with E-state index in [9.17, 15) is 14.7 Å². The van der Waals surface area contributed by atoms with Gasteiger partial charge in [-0.2, -0.15) is 0 Å². The molecule has 2 aromatic carbocycles. The number of fused-ring (bicyclic) bond motifs is 3. The number of para-hydroxylation sites is 1. The molecule has 2 heterocycles. The van der Waals surface area contributed by atoms with E-state index in [0.29, 0.717) is 18.4 Å². The number of aromatic amines is 1. The zero-order valence-corrected chi connectivity index (χ0v) is 14.5. The summed E-state index contributed by atoms with van der Waals surface area (Å²) in [5, 5.41) is 10.9. The van der Waals surface area contributed by atoms with Crippen molar-refractivity contribution in [3.8, 4) is 0 Å². The summed E-state index contributed by atoms with van der Waals surface area (Å²) in [6.45, 7) is 1.98. The molecule has 5 nitrogen and oxygen atoms in total. The van der Waals surface area contributed by atoms with Crippen molar-refractivity contribution in [1.29, 1.82) is 0 Å². The van der Waals surface area contributed by atoms with Crippen LogP contribution in [0.1, 0.15) is 41.0 Å². The Kier molecular flexibility index (Phi) is 3.99. The molecule has 26 heavy (non-hydrogen) atoms. The SMILES string of the molecule is CC[C@H]1c2[nH]c3ccccc3c2C[C@@H](C(=O)O)N1C(=O)c1ccccc1. The molecule has 5 heteroatoms. The highest BCUT2D eigenvalue weighted by Gasteiger charge is 2.42. The molecule has 3 aromatic rings. The van der Waals surface area contributed by atoms with Crippen LogP contribution in [0.4, 0.5) is 0 Å². The van der Waals surface area contributed by atoms with E-state index in [1.807, 2.05) is 37.3 Å². The molecule has 2 atom stereocenters. The quantitative estimate of drug-likeness (QED) is 0.757. The number of aliphatic carboxylic acids is 1. The Morgan fingerprint density at radius 2 is 1.81 bits per heavy atom. The maximum Gasteiger partial charge on any atom is 0.326 e. The van der Waals surface area contributed by atoms with Crippen molar-refractivity contribution in [3.63, 3.8) is 0 Å². The van der Waals surface area contributed by atoms with Crippen molar-refractivity contribution in [2.45, 2.75) is 31.8 Å². The van der Waals surface area contributed by atoms with Crippen LogP contribution in [0.25, 0.3) is 10.9 Å². The summed E-state index contributed by atoms with van der Waals surface area (Å²) in [7, 11) is 0. The van der Waals surface area contributed by atoms with Crippen LogP contribution in [0.15, 0.2) is 54.6 Å². The van der Waals surface area contributed by atoms with E-state index in [1.165, 1.54) is 4.90 Å². The van der Waals surface area contributed by atoms with Gasteiger partial charge in [0.15, 0.2) is 0 Å². The minimum Gasteiger partial charge on any atom is -0.480 e. The number of aromatic nitrogens is 1. The molecule has 4 rings (SSSR count). The minimum atomic E-state index is -0.969. The van der Waals surface area contributed by atoms with Gasteiger partial charge in [-0.15, -0.1) is 0 Å². The number of nitrogens with one attached hydrogen (secondary N) is 1. The number of hydrogen-bond donors (Lipinski definition) is 2. The summed E-state index contributed by atoms with van der Waals surface area (Å²) in [6, 6.07) is 15.6. The number of nitrogens with zero attached hydrogens (tertiary/aromatic N) is 1. The van der Waals surface area contributed by atoms with Gasteiger partial charge in [0.2, 0.25) is 0 Å². The van der Waals surface area contributed by atoms with Gasteiger partial charge in [0.05, 0.1) is 6.04 Å². The lowest BCUT2D eigenvalue weighted by Crippen LogP contribution is -2.51. The van der Waals surface area contributed by atoms with Gasteiger partial charge in [0, 0.05) is 28.6 Å². The van der Waals surface area contributed by atoms with Crippen molar-refractivity contribution >= 4 is 22.8 Å². The van der Waals surface area contributed by atoms with Crippen molar-refractivity contribution in [1.82, 2.24) is 9.88 Å². The molecule has 0 saturated carbocycles. The molecule has 1 aliphatic heterocycles. The number of amides is 1. The number of carbonyl (C=O) groups is 2. The Bertz CT molecular complexity index is 977. The van der Waals surface area contributed by atoms with Crippen LogP contribution in [0.3, 0.4) is 0 Å². The highest BCUT2D eigenvalue weighted by molar-refractivity contribution is 5.98. The molecule has 0 fully saturated rings. The first-order chi connectivity index (χ1) is 12.6. The predicted octanol–water partition coefficient (Wildman–Crippen LogP) is 3.77. The molecule has 1 aromatic heterocycles. The Balaban J connectivity index is 1.87. The summed E-state index contributed by atoms with van der Waals surface area (Å²) in [6.07, 6.45) is 0.950. The fraction of sp³-hybridized carbons (Fsp3) is 0.238. The van der Waals surface area contributed by atoms with Crippen molar-refractivity contribution < 1.29 is 14.7 Å². The van der Waals surface area contributed by atoms with Gasteiger partial charge in [0.1, 0.15) is 6.04 Å². The van der Waals surface area contributed by atoms with Gasteiger partial charge >= 0.3 is 5.97 Å². The van der Waals surface area contributed by atoms with Gasteiger partial charge in [0.25, 0.3) is 5.91 Å². The fourth-order valence-electron chi connectivity index (χ4n) is 3.99. The lowest BCUT2D eigenvalue weighted by Gasteiger charge is -2.40. The third-order valence-corrected chi connectivity index (χ3v) is 5.18. The monoisotopic (exact) mass is 348 g/mol. The van der Waals surface area contributed by atoms with Crippen LogP contribution in [0.5, 0.6) is 0 Å². The first-order valence-electron chi connectivity index (χ1n) is 8.81. The largest absolute Gasteiger partial charge is 0.480 e. The van der Waals surface area contributed by atoms with E-state index in [1.54, 1.807) is 24.3 Å². The van der Waals surface area contributed by atoms with Crippen LogP contribution in [-0.4, -0.2) is 32.9 Å². The molecule has 0 aliphatic carbocycles. The smallest absolute Gasteiger partial charge is 0.326 e.